The summed E-state index contributed by atoms with van der Waals surface area (Å²) in [6.45, 7) is 0. The van der Waals surface area contributed by atoms with Gasteiger partial charge in [-0.15, -0.1) is 0 Å². The van der Waals surface area contributed by atoms with E-state index in [0.29, 0.717) is 0 Å². The van der Waals surface area contributed by atoms with Gasteiger partial charge in [0.2, 0.25) is 4.21 Å². The summed E-state index contributed by atoms with van der Waals surface area (Å²) in [6.07, 6.45) is 1.14. The molecular formula is C3H3ClN2O2S. The minimum Gasteiger partial charge on any atom is -0.479 e. The van der Waals surface area contributed by atoms with Crippen LogP contribution in [0.25, 0.3) is 0 Å². The lowest BCUT2D eigenvalue weighted by Crippen LogP contribution is -2.28. The summed E-state index contributed by atoms with van der Waals surface area (Å²) in [5, 5.41) is 11.8. The molecule has 4 nitrogen and oxygen atoms in total. The van der Waals surface area contributed by atoms with Gasteiger partial charge in [-0.1, -0.05) is 11.6 Å². The number of carbonyl (C=O) groups is 1. The Morgan fingerprint density at radius 2 is 2.67 bits per heavy atom. The quantitative estimate of drug-likeness (QED) is 0.433. The van der Waals surface area contributed by atoms with E-state index in [4.69, 9.17) is 16.7 Å². The molecule has 0 aromatic heterocycles. The number of hydrogen-bond donors (Lipinski definition) is 2. The first-order valence-corrected chi connectivity index (χ1v) is 3.24. The molecule has 0 aromatic rings. The van der Waals surface area contributed by atoms with Crippen molar-refractivity contribution >= 4 is 35.7 Å². The molecule has 0 amide bonds. The molecule has 0 aliphatic carbocycles. The van der Waals surface area contributed by atoms with Gasteiger partial charge >= 0.3 is 5.97 Å². The number of rotatable bonds is 1. The van der Waals surface area contributed by atoms with Crippen LogP contribution in [0.5, 0.6) is 0 Å². The number of nitrogens with one attached hydrogen (secondary N) is 1. The zero-order chi connectivity index (χ0) is 6.91. The first-order chi connectivity index (χ1) is 4.15. The Morgan fingerprint density at radius 3 is 2.89 bits per heavy atom. The molecule has 1 aliphatic rings. The Bertz CT molecular complexity index is 173. The number of carboxylic acids is 1. The Balaban J connectivity index is 2.74. The van der Waals surface area contributed by atoms with Gasteiger partial charge in [-0.2, -0.15) is 5.10 Å². The third-order valence-electron chi connectivity index (χ3n) is 0.769. The van der Waals surface area contributed by atoms with Gasteiger partial charge in [-0.05, 0) is 0 Å². The molecule has 1 atom stereocenters. The SMILES string of the molecule is O=C(O)C1(Cl)C=NNS1. The molecule has 1 heterocycles. The van der Waals surface area contributed by atoms with E-state index in [2.05, 4.69) is 9.93 Å². The molecule has 0 radical (unpaired) electrons. The van der Waals surface area contributed by atoms with E-state index >= 15 is 0 Å². The summed E-state index contributed by atoms with van der Waals surface area (Å²) in [4.78, 5) is 12.6. The third kappa shape index (κ3) is 1.11. The van der Waals surface area contributed by atoms with Gasteiger partial charge in [0.1, 0.15) is 0 Å². The second-order valence-corrected chi connectivity index (χ2v) is 3.25. The van der Waals surface area contributed by atoms with E-state index in [1.807, 2.05) is 0 Å². The molecule has 0 saturated carbocycles. The van der Waals surface area contributed by atoms with Gasteiger partial charge in [0.25, 0.3) is 0 Å². The Hall–Kier alpha value is -0.420. The predicted octanol–water partition coefficient (Wildman–Crippen LogP) is 0.243. The van der Waals surface area contributed by atoms with Crippen molar-refractivity contribution in [2.45, 2.75) is 4.21 Å². The standard InChI is InChI=1S/C3H3ClN2O2S/c4-3(2(7)8)1-5-6-9-3/h1,6H,(H,7,8). The van der Waals surface area contributed by atoms with Gasteiger partial charge in [-0.25, -0.2) is 9.63 Å². The van der Waals surface area contributed by atoms with Crippen LogP contribution in [0.1, 0.15) is 0 Å². The fraction of sp³-hybridized carbons (Fsp3) is 0.333. The maximum atomic E-state index is 10.2. The van der Waals surface area contributed by atoms with E-state index in [9.17, 15) is 4.79 Å². The number of hydrogen-bond acceptors (Lipinski definition) is 4. The van der Waals surface area contributed by atoms with Crippen LogP contribution >= 0.6 is 23.5 Å². The summed E-state index contributed by atoms with van der Waals surface area (Å²) in [7, 11) is 0. The first-order valence-electron chi connectivity index (χ1n) is 2.05. The molecule has 6 heteroatoms. The van der Waals surface area contributed by atoms with Gasteiger partial charge < -0.3 is 5.11 Å². The van der Waals surface area contributed by atoms with Crippen molar-refractivity contribution in [1.82, 2.24) is 4.83 Å². The predicted molar refractivity (Wildman–Crippen MR) is 35.4 cm³/mol. The van der Waals surface area contributed by atoms with Crippen molar-refractivity contribution in [3.8, 4) is 0 Å². The Labute approximate surface area is 60.4 Å². The Morgan fingerprint density at radius 1 is 2.00 bits per heavy atom. The average Bonchev–Trinajstić information content (AvgIpc) is 2.16. The van der Waals surface area contributed by atoms with E-state index in [1.165, 1.54) is 0 Å². The van der Waals surface area contributed by atoms with Crippen LogP contribution in [0, 0.1) is 0 Å². The normalized spacial score (nSPS) is 32.1. The van der Waals surface area contributed by atoms with Gasteiger partial charge in [0.15, 0.2) is 0 Å². The summed E-state index contributed by atoms with van der Waals surface area (Å²) >= 11 is 6.30. The second kappa shape index (κ2) is 2.07. The van der Waals surface area contributed by atoms with Crippen molar-refractivity contribution in [3.63, 3.8) is 0 Å². The zero-order valence-electron chi connectivity index (χ0n) is 4.17. The lowest BCUT2D eigenvalue weighted by Gasteiger charge is -2.06. The Kier molecular flexibility index (Phi) is 1.54. The molecule has 0 saturated heterocycles. The first kappa shape index (κ1) is 6.70. The maximum absolute atomic E-state index is 10.2. The maximum Gasteiger partial charge on any atom is 0.342 e. The lowest BCUT2D eigenvalue weighted by molar-refractivity contribution is -0.135. The van der Waals surface area contributed by atoms with Gasteiger partial charge in [0, 0.05) is 11.9 Å². The summed E-state index contributed by atoms with van der Waals surface area (Å²) in [5.74, 6) is -1.11. The fourth-order valence-electron chi connectivity index (χ4n) is 0.327. The van der Waals surface area contributed by atoms with Crippen LogP contribution in [0.15, 0.2) is 5.10 Å². The van der Waals surface area contributed by atoms with Crippen molar-refractivity contribution in [2.24, 2.45) is 5.10 Å². The molecule has 1 rings (SSSR count). The highest BCUT2D eigenvalue weighted by Crippen LogP contribution is 2.29. The molecule has 0 aromatic carbocycles. The van der Waals surface area contributed by atoms with Crippen LogP contribution in [-0.2, 0) is 4.79 Å². The second-order valence-electron chi connectivity index (χ2n) is 1.40. The molecular weight excluding hydrogens is 164 g/mol. The molecule has 1 unspecified atom stereocenters. The fourth-order valence-corrected chi connectivity index (χ4v) is 0.911. The summed E-state index contributed by atoms with van der Waals surface area (Å²) in [5.41, 5.74) is 0. The molecule has 9 heavy (non-hydrogen) atoms. The highest BCUT2D eigenvalue weighted by molar-refractivity contribution is 8.02. The van der Waals surface area contributed by atoms with Crippen LogP contribution < -0.4 is 4.83 Å². The highest BCUT2D eigenvalue weighted by Gasteiger charge is 2.38. The minimum atomic E-state index is -1.40. The smallest absolute Gasteiger partial charge is 0.342 e. The van der Waals surface area contributed by atoms with Gasteiger partial charge in [0.05, 0.1) is 6.21 Å². The van der Waals surface area contributed by atoms with Crippen LogP contribution in [0.2, 0.25) is 0 Å². The highest BCUT2D eigenvalue weighted by atomic mass is 35.5. The van der Waals surface area contributed by atoms with Crippen LogP contribution in [0.3, 0.4) is 0 Å². The largest absolute Gasteiger partial charge is 0.479 e. The monoisotopic (exact) mass is 166 g/mol. The van der Waals surface area contributed by atoms with E-state index in [-0.39, 0.29) is 0 Å². The zero-order valence-corrected chi connectivity index (χ0v) is 5.74. The molecule has 0 bridgehead atoms. The van der Waals surface area contributed by atoms with Crippen molar-refractivity contribution < 1.29 is 9.90 Å². The number of aliphatic carboxylic acids is 1. The molecule has 1 aliphatic heterocycles. The van der Waals surface area contributed by atoms with Crippen LogP contribution in [-0.4, -0.2) is 21.5 Å². The lowest BCUT2D eigenvalue weighted by atomic mass is 10.4. The molecule has 0 spiro atoms. The van der Waals surface area contributed by atoms with Crippen molar-refractivity contribution in [2.75, 3.05) is 0 Å². The average molecular weight is 167 g/mol. The van der Waals surface area contributed by atoms with E-state index < -0.39 is 10.2 Å². The number of nitrogens with zero attached hydrogens (tertiary/aromatic N) is 1. The molecule has 50 valence electrons. The van der Waals surface area contributed by atoms with E-state index in [0.717, 1.165) is 18.2 Å². The van der Waals surface area contributed by atoms with Crippen molar-refractivity contribution in [1.29, 1.82) is 0 Å². The number of alkyl halides is 1. The molecule has 2 N–H and O–H groups in total. The topological polar surface area (TPSA) is 61.7 Å². The van der Waals surface area contributed by atoms with Gasteiger partial charge in [-0.3, -0.25) is 0 Å². The van der Waals surface area contributed by atoms with Crippen molar-refractivity contribution in [3.05, 3.63) is 0 Å². The summed E-state index contributed by atoms with van der Waals surface area (Å²) < 4.78 is -1.40. The summed E-state index contributed by atoms with van der Waals surface area (Å²) in [6, 6.07) is 0. The number of halogens is 1. The minimum absolute atomic E-state index is 0.846. The molecule has 0 fully saturated rings. The van der Waals surface area contributed by atoms with Crippen LogP contribution in [0.4, 0.5) is 0 Å². The number of carboxylic acid groups (broad SMARTS) is 1. The third-order valence-corrected chi connectivity index (χ3v) is 2.03. The van der Waals surface area contributed by atoms with E-state index in [1.54, 1.807) is 0 Å². The number of hydrazone groups is 1.